The quantitative estimate of drug-likeness (QED) is 0.137. The third-order valence-electron chi connectivity index (χ3n) is 8.53. The van der Waals surface area contributed by atoms with Gasteiger partial charge in [0.2, 0.25) is 0 Å². The molecule has 1 aliphatic carbocycles. The maximum atomic E-state index is 14.1. The molecule has 0 spiro atoms. The van der Waals surface area contributed by atoms with Crippen molar-refractivity contribution in [3.8, 4) is 0 Å². The lowest BCUT2D eigenvalue weighted by Gasteiger charge is -2.43. The number of nitrogens with one attached hydrogen (secondary N) is 2. The van der Waals surface area contributed by atoms with Crippen LogP contribution in [0, 0.1) is 22.7 Å². The lowest BCUT2D eigenvalue weighted by Crippen LogP contribution is -2.60. The molecular formula is C29H42F4N6O. The number of halogens is 4. The summed E-state index contributed by atoms with van der Waals surface area (Å²) in [4.78, 5) is 8.43. The molecule has 0 aromatic carbocycles. The van der Waals surface area contributed by atoms with E-state index in [1.54, 1.807) is 0 Å². The van der Waals surface area contributed by atoms with Gasteiger partial charge in [-0.2, -0.15) is 13.2 Å². The van der Waals surface area contributed by atoms with Crippen molar-refractivity contribution in [3.63, 3.8) is 0 Å². The summed E-state index contributed by atoms with van der Waals surface area (Å²) >= 11 is 0. The minimum absolute atomic E-state index is 0.00658. The number of nitrogens with zero attached hydrogens (tertiary/aromatic N) is 3. The summed E-state index contributed by atoms with van der Waals surface area (Å²) in [5, 5.41) is 23.1. The first kappa shape index (κ1) is 30.8. The van der Waals surface area contributed by atoms with E-state index in [1.165, 1.54) is 6.08 Å². The van der Waals surface area contributed by atoms with Gasteiger partial charge < -0.3 is 16.2 Å². The highest BCUT2D eigenvalue weighted by Gasteiger charge is 2.57. The number of rotatable bonds is 10. The second-order valence-corrected chi connectivity index (χ2v) is 12.1. The summed E-state index contributed by atoms with van der Waals surface area (Å²) in [5.74, 6) is 0.0537. The van der Waals surface area contributed by atoms with Crippen LogP contribution in [0.1, 0.15) is 46.0 Å². The van der Waals surface area contributed by atoms with Gasteiger partial charge >= 0.3 is 6.18 Å². The van der Waals surface area contributed by atoms with Gasteiger partial charge in [0, 0.05) is 85.8 Å². The minimum Gasteiger partial charge on any atom is -0.365 e. The van der Waals surface area contributed by atoms with Crippen LogP contribution in [-0.2, 0) is 0 Å². The largest absolute Gasteiger partial charge is 0.409 e. The highest BCUT2D eigenvalue weighted by Crippen LogP contribution is 2.57. The van der Waals surface area contributed by atoms with Crippen molar-refractivity contribution in [1.82, 2.24) is 15.1 Å². The summed E-state index contributed by atoms with van der Waals surface area (Å²) in [5.41, 5.74) is 7.74. The number of fused-ring (bicyclic) bond motifs is 1. The summed E-state index contributed by atoms with van der Waals surface area (Å²) in [7, 11) is 0. The van der Waals surface area contributed by atoms with E-state index in [9.17, 15) is 22.7 Å². The van der Waals surface area contributed by atoms with E-state index in [4.69, 9.17) is 11.1 Å². The maximum absolute atomic E-state index is 14.1. The zero-order valence-electron chi connectivity index (χ0n) is 23.3. The van der Waals surface area contributed by atoms with Gasteiger partial charge in [0.25, 0.3) is 0 Å². The Morgan fingerprint density at radius 1 is 1.30 bits per heavy atom. The Bertz CT molecular complexity index is 1070. The standard InChI is InChI=1S/C29H42F4N6O/c1-20-13-24(19-38(18-20)10-6-23(30)5-3-4-7-29(31,32)33)37-26(40)39-11-8-27(35,9-12-39)16-25(34)28-14-21(2)36-17-22(28)15-28/h3-7,14,17,20,22,24,26,34,37,40H,8-13,15-16,18-19,35H2,1-2H3/b5-3-,7-4+,23-6-,34-25?. The van der Waals surface area contributed by atoms with Crippen LogP contribution in [0.15, 0.2) is 53.0 Å². The lowest BCUT2D eigenvalue weighted by molar-refractivity contribution is -0.0798. The van der Waals surface area contributed by atoms with Gasteiger partial charge in [0.15, 0.2) is 6.35 Å². The Labute approximate surface area is 234 Å². The Balaban J connectivity index is 1.22. The molecule has 0 aromatic rings. The Hall–Kier alpha value is -2.18. The molecule has 5 unspecified atom stereocenters. The van der Waals surface area contributed by atoms with Gasteiger partial charge in [0.05, 0.1) is 0 Å². The number of aliphatic hydroxyl groups is 1. The molecule has 222 valence electrons. The zero-order valence-corrected chi connectivity index (χ0v) is 23.3. The van der Waals surface area contributed by atoms with Crippen LogP contribution in [0.3, 0.4) is 0 Å². The first-order chi connectivity index (χ1) is 18.8. The van der Waals surface area contributed by atoms with Crippen molar-refractivity contribution in [2.75, 3.05) is 32.7 Å². The van der Waals surface area contributed by atoms with E-state index < -0.39 is 23.9 Å². The fourth-order valence-corrected chi connectivity index (χ4v) is 6.26. The molecule has 3 fully saturated rings. The summed E-state index contributed by atoms with van der Waals surface area (Å²) in [6, 6.07) is 0.00658. The number of allylic oxidation sites excluding steroid dienone is 7. The number of nitrogens with two attached hydrogens (primary N) is 1. The van der Waals surface area contributed by atoms with E-state index in [0.29, 0.717) is 63.0 Å². The van der Waals surface area contributed by atoms with Gasteiger partial charge in [-0.05, 0) is 50.7 Å². The molecule has 0 aromatic heterocycles. The molecule has 1 saturated carbocycles. The monoisotopic (exact) mass is 566 g/mol. The minimum atomic E-state index is -4.42. The van der Waals surface area contributed by atoms with Gasteiger partial charge in [-0.3, -0.25) is 20.1 Å². The molecule has 2 saturated heterocycles. The van der Waals surface area contributed by atoms with Crippen LogP contribution >= 0.6 is 0 Å². The molecule has 11 heteroatoms. The number of piperidine rings is 2. The lowest BCUT2D eigenvalue weighted by atomic mass is 9.79. The first-order valence-corrected chi connectivity index (χ1v) is 14.1. The summed E-state index contributed by atoms with van der Waals surface area (Å²) < 4.78 is 50.5. The van der Waals surface area contributed by atoms with Crippen LogP contribution in [0.2, 0.25) is 0 Å². The molecule has 4 aliphatic rings. The molecule has 0 radical (unpaired) electrons. The second-order valence-electron chi connectivity index (χ2n) is 12.1. The molecule has 0 amide bonds. The molecular weight excluding hydrogens is 524 g/mol. The third kappa shape index (κ3) is 8.19. The Morgan fingerprint density at radius 3 is 2.73 bits per heavy atom. The normalized spacial score (nSPS) is 32.4. The third-order valence-corrected chi connectivity index (χ3v) is 8.53. The summed E-state index contributed by atoms with van der Waals surface area (Å²) in [6.45, 7) is 7.03. The molecule has 3 heterocycles. The smallest absolute Gasteiger partial charge is 0.365 e. The molecule has 0 bridgehead atoms. The number of alkyl halides is 3. The molecule has 4 rings (SSSR count). The average Bonchev–Trinajstić information content (AvgIpc) is 3.60. The summed E-state index contributed by atoms with van der Waals surface area (Å²) in [6.07, 6.45) is 6.78. The van der Waals surface area contributed by atoms with E-state index in [2.05, 4.69) is 28.2 Å². The van der Waals surface area contributed by atoms with Crippen molar-refractivity contribution in [2.24, 2.45) is 28.0 Å². The zero-order chi connectivity index (χ0) is 29.1. The highest BCUT2D eigenvalue weighted by molar-refractivity contribution is 5.98. The second kappa shape index (κ2) is 12.4. The van der Waals surface area contributed by atoms with E-state index >= 15 is 0 Å². The predicted octanol–water partition coefficient (Wildman–Crippen LogP) is 4.29. The van der Waals surface area contributed by atoms with Gasteiger partial charge in [-0.25, -0.2) is 4.39 Å². The number of hydrogen-bond donors (Lipinski definition) is 4. The van der Waals surface area contributed by atoms with Crippen LogP contribution in [0.5, 0.6) is 0 Å². The van der Waals surface area contributed by atoms with Crippen molar-refractivity contribution >= 4 is 11.9 Å². The average molecular weight is 567 g/mol. The fourth-order valence-electron chi connectivity index (χ4n) is 6.26. The Morgan fingerprint density at radius 2 is 2.02 bits per heavy atom. The predicted molar refractivity (Wildman–Crippen MR) is 150 cm³/mol. The van der Waals surface area contributed by atoms with E-state index in [-0.39, 0.29) is 17.5 Å². The molecule has 7 nitrogen and oxygen atoms in total. The first-order valence-electron chi connectivity index (χ1n) is 14.1. The van der Waals surface area contributed by atoms with Crippen molar-refractivity contribution < 1.29 is 22.7 Å². The topological polar surface area (TPSA) is 101 Å². The molecule has 5 N–H and O–H groups in total. The van der Waals surface area contributed by atoms with Crippen LogP contribution < -0.4 is 11.1 Å². The highest BCUT2D eigenvalue weighted by atomic mass is 19.4. The van der Waals surface area contributed by atoms with Crippen LogP contribution in [0.25, 0.3) is 0 Å². The Kier molecular flexibility index (Phi) is 9.51. The molecule has 3 aliphatic heterocycles. The number of aliphatic hydroxyl groups excluding tert-OH is 1. The number of aliphatic imine (C=N–C) groups is 1. The van der Waals surface area contributed by atoms with Gasteiger partial charge in [-0.1, -0.05) is 25.2 Å². The molecule has 40 heavy (non-hydrogen) atoms. The van der Waals surface area contributed by atoms with E-state index in [0.717, 1.165) is 43.3 Å². The van der Waals surface area contributed by atoms with Crippen LogP contribution in [0.4, 0.5) is 17.6 Å². The van der Waals surface area contributed by atoms with E-state index in [1.807, 2.05) is 18.0 Å². The van der Waals surface area contributed by atoms with Crippen LogP contribution in [-0.4, -0.2) is 83.7 Å². The van der Waals surface area contributed by atoms with Crippen molar-refractivity contribution in [3.05, 3.63) is 48.0 Å². The molecule has 5 atom stereocenters. The van der Waals surface area contributed by atoms with Crippen molar-refractivity contribution in [2.45, 2.75) is 70.1 Å². The number of likely N-dealkylation sites (tertiary alicyclic amines) is 2. The maximum Gasteiger partial charge on any atom is 0.409 e. The number of hydrogen-bond acceptors (Lipinski definition) is 7. The SMILES string of the molecule is CC1=CC2(C(=N)CC3(N)CCN(C(O)NC4CC(C)CN(C/C=C(F)/C=C\C=C\C(F)(F)F)C4)CC3)CC2C=N1. The van der Waals surface area contributed by atoms with Crippen molar-refractivity contribution in [1.29, 1.82) is 5.41 Å². The fraction of sp³-hybridized carbons (Fsp3) is 0.655. The van der Waals surface area contributed by atoms with Gasteiger partial charge in [0.1, 0.15) is 5.83 Å². The van der Waals surface area contributed by atoms with Gasteiger partial charge in [-0.15, -0.1) is 0 Å².